The molecule has 3 aliphatic carbocycles. The molecule has 2 aromatic heterocycles. The lowest BCUT2D eigenvalue weighted by Gasteiger charge is -2.51. The molecule has 0 N–H and O–H groups in total. The maximum Gasteiger partial charge on any atom is 0.417 e. The van der Waals surface area contributed by atoms with Gasteiger partial charge in [-0.2, -0.15) is 18.2 Å². The van der Waals surface area contributed by atoms with Crippen LogP contribution in [0.4, 0.5) is 17.6 Å². The molecule has 10 heteroatoms. The van der Waals surface area contributed by atoms with Crippen LogP contribution < -0.4 is 0 Å². The van der Waals surface area contributed by atoms with E-state index in [1.165, 1.54) is 12.1 Å². The maximum atomic E-state index is 14.0. The third-order valence-electron chi connectivity index (χ3n) is 7.61. The van der Waals surface area contributed by atoms with E-state index in [0.29, 0.717) is 11.6 Å². The first-order chi connectivity index (χ1) is 15.7. The Morgan fingerprint density at radius 3 is 2.30 bits per heavy atom. The zero-order chi connectivity index (χ0) is 23.4. The summed E-state index contributed by atoms with van der Waals surface area (Å²) in [4.78, 5) is 4.37. The minimum atomic E-state index is -4.48. The topological polar surface area (TPSA) is 69.6 Å². The minimum Gasteiger partial charge on any atom is -0.336 e. The standard InChI is InChI=1S/C23H25F4N5O/c1-3-16(24)18-28-19(31-33-18)21-8-11-22(12-9-21,13-10-21)20-30-29-17(32(20)2)14-6-4-5-7-15(14)23(25,26)27/h4-7,16H,3,8-13H2,1-2H3. The van der Waals surface area contributed by atoms with E-state index in [9.17, 15) is 17.6 Å². The Balaban J connectivity index is 1.43. The third-order valence-corrected chi connectivity index (χ3v) is 7.61. The molecule has 0 radical (unpaired) electrons. The first-order valence-electron chi connectivity index (χ1n) is 11.2. The smallest absolute Gasteiger partial charge is 0.336 e. The molecule has 2 bridgehead atoms. The van der Waals surface area contributed by atoms with Gasteiger partial charge in [0.05, 0.1) is 5.56 Å². The lowest BCUT2D eigenvalue weighted by Crippen LogP contribution is -2.48. The maximum absolute atomic E-state index is 14.0. The van der Waals surface area contributed by atoms with Crippen molar-refractivity contribution in [1.29, 1.82) is 0 Å². The van der Waals surface area contributed by atoms with Crippen LogP contribution in [-0.2, 0) is 24.1 Å². The van der Waals surface area contributed by atoms with Crippen molar-refractivity contribution >= 4 is 0 Å². The summed E-state index contributed by atoms with van der Waals surface area (Å²) in [6.07, 6.45) is -0.724. The van der Waals surface area contributed by atoms with E-state index in [4.69, 9.17) is 4.52 Å². The highest BCUT2D eigenvalue weighted by Crippen LogP contribution is 2.58. The Kier molecular flexibility index (Phi) is 5.10. The Morgan fingerprint density at radius 1 is 1.03 bits per heavy atom. The summed E-state index contributed by atoms with van der Waals surface area (Å²) >= 11 is 0. The summed E-state index contributed by atoms with van der Waals surface area (Å²) in [6.45, 7) is 1.73. The van der Waals surface area contributed by atoms with Crippen molar-refractivity contribution in [2.24, 2.45) is 7.05 Å². The van der Waals surface area contributed by atoms with Crippen molar-refractivity contribution in [3.63, 3.8) is 0 Å². The van der Waals surface area contributed by atoms with Crippen molar-refractivity contribution in [2.75, 3.05) is 0 Å². The molecule has 1 atom stereocenters. The quantitative estimate of drug-likeness (QED) is 0.444. The average molecular weight is 463 g/mol. The van der Waals surface area contributed by atoms with Gasteiger partial charge >= 0.3 is 6.18 Å². The third kappa shape index (κ3) is 3.45. The van der Waals surface area contributed by atoms with Crippen molar-refractivity contribution in [1.82, 2.24) is 24.9 Å². The van der Waals surface area contributed by atoms with Crippen LogP contribution in [0.3, 0.4) is 0 Å². The van der Waals surface area contributed by atoms with Gasteiger partial charge in [0, 0.05) is 23.4 Å². The molecule has 1 aromatic carbocycles. The number of aromatic nitrogens is 5. The van der Waals surface area contributed by atoms with Crippen LogP contribution in [-0.4, -0.2) is 24.9 Å². The van der Waals surface area contributed by atoms with Crippen molar-refractivity contribution in [3.8, 4) is 11.4 Å². The largest absolute Gasteiger partial charge is 0.417 e. The monoisotopic (exact) mass is 463 g/mol. The summed E-state index contributed by atoms with van der Waals surface area (Å²) < 4.78 is 61.5. The van der Waals surface area contributed by atoms with Crippen LogP contribution in [0.25, 0.3) is 11.4 Å². The lowest BCUT2D eigenvalue weighted by molar-refractivity contribution is -0.137. The fourth-order valence-electron chi connectivity index (χ4n) is 5.56. The van der Waals surface area contributed by atoms with E-state index >= 15 is 0 Å². The van der Waals surface area contributed by atoms with Gasteiger partial charge in [0.15, 0.2) is 17.8 Å². The predicted molar refractivity (Wildman–Crippen MR) is 111 cm³/mol. The Bertz CT molecular complexity index is 1140. The van der Waals surface area contributed by atoms with Gasteiger partial charge in [-0.25, -0.2) is 4.39 Å². The molecule has 0 saturated heterocycles. The molecule has 176 valence electrons. The molecule has 0 aliphatic heterocycles. The van der Waals surface area contributed by atoms with Crippen LogP contribution in [0.15, 0.2) is 28.8 Å². The zero-order valence-electron chi connectivity index (χ0n) is 18.5. The van der Waals surface area contributed by atoms with Crippen molar-refractivity contribution < 1.29 is 22.1 Å². The summed E-state index contributed by atoms with van der Waals surface area (Å²) in [7, 11) is 1.74. The number of halogens is 4. The molecule has 3 aromatic rings. The van der Waals surface area contributed by atoms with Gasteiger partial charge in [0.25, 0.3) is 5.89 Å². The van der Waals surface area contributed by atoms with E-state index < -0.39 is 17.9 Å². The normalized spacial score (nSPS) is 26.0. The highest BCUT2D eigenvalue weighted by Gasteiger charge is 2.54. The van der Waals surface area contributed by atoms with Gasteiger partial charge in [-0.05, 0) is 51.0 Å². The highest BCUT2D eigenvalue weighted by atomic mass is 19.4. The van der Waals surface area contributed by atoms with Gasteiger partial charge in [-0.3, -0.25) is 0 Å². The second kappa shape index (κ2) is 7.63. The molecule has 1 unspecified atom stereocenters. The van der Waals surface area contributed by atoms with E-state index in [-0.39, 0.29) is 34.5 Å². The van der Waals surface area contributed by atoms with E-state index in [1.54, 1.807) is 24.6 Å². The van der Waals surface area contributed by atoms with Gasteiger partial charge in [0.2, 0.25) is 0 Å². The number of hydrogen-bond acceptors (Lipinski definition) is 5. The molecule has 0 amide bonds. The summed E-state index contributed by atoms with van der Waals surface area (Å²) in [5, 5.41) is 12.7. The molecule has 3 aliphatic rings. The SMILES string of the molecule is CCC(F)c1nc(C23CCC(c4nnc(-c5ccccc5C(F)(F)F)n4C)(CC2)CC3)no1. The summed E-state index contributed by atoms with van der Waals surface area (Å²) in [5.41, 5.74) is -1.20. The number of fused-ring (bicyclic) bond motifs is 3. The number of hydrogen-bond donors (Lipinski definition) is 0. The van der Waals surface area contributed by atoms with E-state index in [1.807, 2.05) is 0 Å². The number of nitrogens with zero attached hydrogens (tertiary/aromatic N) is 5. The van der Waals surface area contributed by atoms with Crippen LogP contribution >= 0.6 is 0 Å². The molecule has 3 saturated carbocycles. The number of rotatable bonds is 5. The Hall–Kier alpha value is -2.78. The molecule has 6 nitrogen and oxygen atoms in total. The first-order valence-corrected chi connectivity index (χ1v) is 11.2. The second-order valence-electron chi connectivity index (χ2n) is 9.34. The number of benzene rings is 1. The van der Waals surface area contributed by atoms with Crippen molar-refractivity contribution in [3.05, 3.63) is 47.4 Å². The van der Waals surface area contributed by atoms with Crippen molar-refractivity contribution in [2.45, 2.75) is 75.0 Å². The molecule has 2 heterocycles. The zero-order valence-corrected chi connectivity index (χ0v) is 18.5. The minimum absolute atomic E-state index is 0.0274. The molecular weight excluding hydrogens is 438 g/mol. The second-order valence-corrected chi connectivity index (χ2v) is 9.34. The van der Waals surface area contributed by atoms with Gasteiger partial charge in [-0.15, -0.1) is 10.2 Å². The summed E-state index contributed by atoms with van der Waals surface area (Å²) in [5.74, 6) is 1.53. The van der Waals surface area contributed by atoms with Crippen LogP contribution in [0.2, 0.25) is 0 Å². The molecule has 3 fully saturated rings. The fraction of sp³-hybridized carbons (Fsp3) is 0.565. The van der Waals surface area contributed by atoms with Crippen LogP contribution in [0.5, 0.6) is 0 Å². The predicted octanol–water partition coefficient (Wildman–Crippen LogP) is 5.85. The van der Waals surface area contributed by atoms with Gasteiger partial charge in [0.1, 0.15) is 5.82 Å². The fourth-order valence-corrected chi connectivity index (χ4v) is 5.56. The Morgan fingerprint density at radius 2 is 1.67 bits per heavy atom. The van der Waals surface area contributed by atoms with Gasteiger partial charge < -0.3 is 9.09 Å². The highest BCUT2D eigenvalue weighted by molar-refractivity contribution is 5.61. The molecule has 33 heavy (non-hydrogen) atoms. The molecule has 0 spiro atoms. The van der Waals surface area contributed by atoms with E-state index in [0.717, 1.165) is 44.6 Å². The van der Waals surface area contributed by atoms with Crippen LogP contribution in [0.1, 0.15) is 81.1 Å². The van der Waals surface area contributed by atoms with E-state index in [2.05, 4.69) is 20.3 Å². The number of alkyl halides is 4. The van der Waals surface area contributed by atoms with Crippen LogP contribution in [0, 0.1) is 0 Å². The first kappa shape index (κ1) is 22.0. The Labute approximate surface area is 188 Å². The van der Waals surface area contributed by atoms with Gasteiger partial charge in [-0.1, -0.05) is 30.3 Å². The molecule has 6 rings (SSSR count). The summed E-state index contributed by atoms with van der Waals surface area (Å²) in [6, 6.07) is 5.45. The molecular formula is C23H25F4N5O. The lowest BCUT2D eigenvalue weighted by atomic mass is 9.53. The average Bonchev–Trinajstić information content (AvgIpc) is 3.47.